The molecule has 1 fully saturated rings. The van der Waals surface area contributed by atoms with E-state index in [0.717, 1.165) is 18.1 Å². The average molecular weight is 285 g/mol. The summed E-state index contributed by atoms with van der Waals surface area (Å²) in [5.74, 6) is 1.78. The number of nitrogens with zero attached hydrogens (tertiary/aromatic N) is 5. The largest absolute Gasteiger partial charge is 0.349 e. The molecule has 1 saturated heterocycles. The average Bonchev–Trinajstić information content (AvgIpc) is 3.17. The Bertz CT molecular complexity index is 733. The molecule has 0 spiro atoms. The maximum absolute atomic E-state index is 4.42. The molecule has 1 aliphatic rings. The Morgan fingerprint density at radius 3 is 3.20 bits per heavy atom. The Balaban J connectivity index is 1.83. The minimum Gasteiger partial charge on any atom is -0.349 e. The highest BCUT2D eigenvalue weighted by molar-refractivity contribution is 7.10. The molecule has 1 unspecified atom stereocenters. The summed E-state index contributed by atoms with van der Waals surface area (Å²) in [7, 11) is 0. The van der Waals surface area contributed by atoms with Crippen LogP contribution in [0.25, 0.3) is 5.78 Å². The minimum atomic E-state index is 0.448. The van der Waals surface area contributed by atoms with Crippen molar-refractivity contribution in [1.82, 2.24) is 19.6 Å². The minimum absolute atomic E-state index is 0.448. The second-order valence-corrected chi connectivity index (χ2v) is 6.07. The van der Waals surface area contributed by atoms with E-state index in [1.807, 2.05) is 22.8 Å². The topological polar surface area (TPSA) is 46.3 Å². The molecule has 0 N–H and O–H groups in total. The Kier molecular flexibility index (Phi) is 2.70. The van der Waals surface area contributed by atoms with E-state index >= 15 is 0 Å². The van der Waals surface area contributed by atoms with Crippen LogP contribution >= 0.6 is 11.3 Å². The van der Waals surface area contributed by atoms with Crippen molar-refractivity contribution in [2.45, 2.75) is 25.8 Å². The molecule has 0 radical (unpaired) electrons. The van der Waals surface area contributed by atoms with Gasteiger partial charge in [-0.25, -0.2) is 4.98 Å². The Labute approximate surface area is 120 Å². The second-order valence-electron chi connectivity index (χ2n) is 5.09. The third-order valence-corrected chi connectivity index (χ3v) is 4.75. The fraction of sp³-hybridized carbons (Fsp3) is 0.357. The predicted molar refractivity (Wildman–Crippen MR) is 79.2 cm³/mol. The normalized spacial score (nSPS) is 19.1. The van der Waals surface area contributed by atoms with Gasteiger partial charge in [0.05, 0.1) is 6.04 Å². The van der Waals surface area contributed by atoms with Gasteiger partial charge in [-0.2, -0.15) is 14.6 Å². The third kappa shape index (κ3) is 1.79. The van der Waals surface area contributed by atoms with Crippen LogP contribution in [0.15, 0.2) is 29.9 Å². The molecule has 0 aliphatic carbocycles. The van der Waals surface area contributed by atoms with Gasteiger partial charge < -0.3 is 4.90 Å². The fourth-order valence-electron chi connectivity index (χ4n) is 2.93. The van der Waals surface area contributed by atoms with Crippen molar-refractivity contribution >= 4 is 22.9 Å². The smallest absolute Gasteiger partial charge is 0.254 e. The lowest BCUT2D eigenvalue weighted by Crippen LogP contribution is -2.24. The first kappa shape index (κ1) is 11.8. The summed E-state index contributed by atoms with van der Waals surface area (Å²) >= 11 is 1.83. The van der Waals surface area contributed by atoms with Gasteiger partial charge in [0.2, 0.25) is 0 Å². The zero-order chi connectivity index (χ0) is 13.5. The van der Waals surface area contributed by atoms with Gasteiger partial charge in [0.1, 0.15) is 12.1 Å². The highest BCUT2D eigenvalue weighted by Crippen LogP contribution is 2.37. The molecule has 0 bridgehead atoms. The monoisotopic (exact) mass is 285 g/mol. The number of aryl methyl sites for hydroxylation is 1. The number of anilines is 1. The summed E-state index contributed by atoms with van der Waals surface area (Å²) in [5, 5.41) is 6.47. The molecule has 20 heavy (non-hydrogen) atoms. The molecular weight excluding hydrogens is 270 g/mol. The van der Waals surface area contributed by atoms with E-state index < -0.39 is 0 Å². The number of thiophene rings is 1. The zero-order valence-corrected chi connectivity index (χ0v) is 12.0. The maximum Gasteiger partial charge on any atom is 0.254 e. The second kappa shape index (κ2) is 4.56. The first-order valence-electron chi connectivity index (χ1n) is 6.80. The number of fused-ring (bicyclic) bond motifs is 1. The molecule has 0 saturated carbocycles. The van der Waals surface area contributed by atoms with Gasteiger partial charge in [-0.3, -0.25) is 0 Å². The van der Waals surface area contributed by atoms with E-state index in [2.05, 4.69) is 43.5 Å². The molecule has 4 heterocycles. The van der Waals surface area contributed by atoms with Crippen LogP contribution in [-0.2, 0) is 0 Å². The number of aromatic nitrogens is 4. The standard InChI is InChI=1S/C14H15N5S/c1-10-8-13(19-14(17-10)15-9-16-19)18-6-2-4-11(18)12-5-3-7-20-12/h3,5,7-9,11H,2,4,6H2,1H3. The van der Waals surface area contributed by atoms with Crippen LogP contribution in [0.2, 0.25) is 0 Å². The summed E-state index contributed by atoms with van der Waals surface area (Å²) < 4.78 is 1.85. The molecule has 102 valence electrons. The van der Waals surface area contributed by atoms with Gasteiger partial charge in [-0.1, -0.05) is 6.07 Å². The van der Waals surface area contributed by atoms with Gasteiger partial charge in [0.25, 0.3) is 5.78 Å². The quantitative estimate of drug-likeness (QED) is 0.726. The van der Waals surface area contributed by atoms with Crippen LogP contribution in [0.1, 0.15) is 29.5 Å². The maximum atomic E-state index is 4.42. The number of hydrogen-bond acceptors (Lipinski definition) is 5. The van der Waals surface area contributed by atoms with Crippen LogP contribution in [0.4, 0.5) is 5.82 Å². The van der Waals surface area contributed by atoms with Gasteiger partial charge in [0, 0.05) is 23.2 Å². The number of hydrogen-bond donors (Lipinski definition) is 0. The molecule has 3 aromatic heterocycles. The lowest BCUT2D eigenvalue weighted by Gasteiger charge is -2.26. The summed E-state index contributed by atoms with van der Waals surface area (Å²) in [6, 6.07) is 6.90. The van der Waals surface area contributed by atoms with E-state index in [1.165, 1.54) is 17.7 Å². The van der Waals surface area contributed by atoms with Gasteiger partial charge >= 0.3 is 0 Å². The van der Waals surface area contributed by atoms with Gasteiger partial charge in [-0.05, 0) is 31.2 Å². The van der Waals surface area contributed by atoms with Crippen molar-refractivity contribution < 1.29 is 0 Å². The Hall–Kier alpha value is -1.95. The van der Waals surface area contributed by atoms with Crippen molar-refractivity contribution in [3.8, 4) is 0 Å². The predicted octanol–water partition coefficient (Wildman–Crippen LogP) is 2.84. The summed E-state index contributed by atoms with van der Waals surface area (Å²) in [6.07, 6.45) is 3.97. The number of rotatable bonds is 2. The van der Waals surface area contributed by atoms with E-state index in [4.69, 9.17) is 0 Å². The van der Waals surface area contributed by atoms with Crippen molar-refractivity contribution in [3.05, 3.63) is 40.5 Å². The molecule has 1 aliphatic heterocycles. The lowest BCUT2D eigenvalue weighted by molar-refractivity contribution is 0.709. The third-order valence-electron chi connectivity index (χ3n) is 3.78. The summed E-state index contributed by atoms with van der Waals surface area (Å²) in [6.45, 7) is 3.06. The fourth-order valence-corrected chi connectivity index (χ4v) is 3.81. The SMILES string of the molecule is Cc1cc(N2CCCC2c2cccs2)n2ncnc2n1. The zero-order valence-electron chi connectivity index (χ0n) is 11.2. The molecule has 0 amide bonds. The van der Waals surface area contributed by atoms with Crippen molar-refractivity contribution in [2.75, 3.05) is 11.4 Å². The molecule has 1 atom stereocenters. The molecule has 6 heteroatoms. The van der Waals surface area contributed by atoms with Crippen molar-refractivity contribution in [1.29, 1.82) is 0 Å². The van der Waals surface area contributed by atoms with Crippen LogP contribution in [0.3, 0.4) is 0 Å². The van der Waals surface area contributed by atoms with Gasteiger partial charge in [0.15, 0.2) is 0 Å². The summed E-state index contributed by atoms with van der Waals surface area (Å²) in [5.41, 5.74) is 0.984. The molecular formula is C14H15N5S. The Morgan fingerprint density at radius 2 is 2.35 bits per heavy atom. The molecule has 0 aromatic carbocycles. The van der Waals surface area contributed by atoms with Crippen LogP contribution in [-0.4, -0.2) is 26.1 Å². The van der Waals surface area contributed by atoms with Crippen LogP contribution in [0, 0.1) is 6.92 Å². The lowest BCUT2D eigenvalue weighted by atomic mass is 10.2. The van der Waals surface area contributed by atoms with E-state index in [0.29, 0.717) is 11.8 Å². The van der Waals surface area contributed by atoms with Crippen LogP contribution < -0.4 is 4.90 Å². The van der Waals surface area contributed by atoms with Crippen molar-refractivity contribution in [2.24, 2.45) is 0 Å². The van der Waals surface area contributed by atoms with E-state index in [-0.39, 0.29) is 0 Å². The first-order chi connectivity index (χ1) is 9.83. The Morgan fingerprint density at radius 1 is 1.40 bits per heavy atom. The van der Waals surface area contributed by atoms with Crippen LogP contribution in [0.5, 0.6) is 0 Å². The summed E-state index contributed by atoms with van der Waals surface area (Å²) in [4.78, 5) is 12.5. The van der Waals surface area contributed by atoms with Crippen molar-refractivity contribution in [3.63, 3.8) is 0 Å². The molecule has 5 nitrogen and oxygen atoms in total. The first-order valence-corrected chi connectivity index (χ1v) is 7.68. The highest BCUT2D eigenvalue weighted by Gasteiger charge is 2.29. The molecule has 4 rings (SSSR count). The van der Waals surface area contributed by atoms with E-state index in [9.17, 15) is 0 Å². The highest BCUT2D eigenvalue weighted by atomic mass is 32.1. The molecule has 3 aromatic rings. The van der Waals surface area contributed by atoms with Gasteiger partial charge in [-0.15, -0.1) is 11.3 Å². The van der Waals surface area contributed by atoms with E-state index in [1.54, 1.807) is 6.33 Å².